The average molecular weight is 283 g/mol. The Morgan fingerprint density at radius 1 is 1.30 bits per heavy atom. The summed E-state index contributed by atoms with van der Waals surface area (Å²) < 4.78 is 11.1. The first-order valence-electron chi connectivity index (χ1n) is 7.67. The molecule has 0 spiro atoms. The molecule has 2 atom stereocenters. The molecule has 0 aliphatic heterocycles. The van der Waals surface area contributed by atoms with Crippen molar-refractivity contribution in [2.45, 2.75) is 71.9 Å². The van der Waals surface area contributed by atoms with E-state index in [4.69, 9.17) is 9.26 Å². The molecule has 1 aromatic rings. The van der Waals surface area contributed by atoms with Crippen LogP contribution in [0.5, 0.6) is 0 Å². The van der Waals surface area contributed by atoms with Crippen molar-refractivity contribution in [3.63, 3.8) is 0 Å². The van der Waals surface area contributed by atoms with E-state index in [0.717, 1.165) is 19.4 Å². The van der Waals surface area contributed by atoms with Crippen LogP contribution in [0.15, 0.2) is 4.52 Å². The van der Waals surface area contributed by atoms with E-state index in [2.05, 4.69) is 36.2 Å². The number of hydrogen-bond donors (Lipinski definition) is 1. The summed E-state index contributed by atoms with van der Waals surface area (Å²) in [5.74, 6) is 1.50. The second kappa shape index (κ2) is 7.74. The molecule has 0 aliphatic rings. The van der Waals surface area contributed by atoms with Gasteiger partial charge in [0.1, 0.15) is 5.60 Å². The Balaban J connectivity index is 2.79. The quantitative estimate of drug-likeness (QED) is 0.754. The molecule has 0 saturated heterocycles. The molecule has 1 rings (SSSR count). The number of aromatic nitrogens is 2. The molecule has 0 bridgehead atoms. The van der Waals surface area contributed by atoms with Gasteiger partial charge in [-0.25, -0.2) is 0 Å². The van der Waals surface area contributed by atoms with Gasteiger partial charge in [-0.05, 0) is 40.2 Å². The summed E-state index contributed by atoms with van der Waals surface area (Å²) in [6.07, 6.45) is 2.16. The van der Waals surface area contributed by atoms with E-state index in [1.54, 1.807) is 0 Å². The summed E-state index contributed by atoms with van der Waals surface area (Å²) in [6, 6.07) is 0.360. The standard InChI is InChI=1S/C15H29N3O2/c1-7-10-16-12(8-2)11(4)13-17-14(18-20-13)15(5,6)19-9-3/h11-12,16H,7-10H2,1-6H3. The Morgan fingerprint density at radius 2 is 2.00 bits per heavy atom. The first-order valence-corrected chi connectivity index (χ1v) is 7.67. The second-order valence-electron chi connectivity index (χ2n) is 5.66. The zero-order valence-corrected chi connectivity index (χ0v) is 13.7. The molecular weight excluding hydrogens is 254 g/mol. The Kier molecular flexibility index (Phi) is 6.62. The van der Waals surface area contributed by atoms with Crippen LogP contribution in [-0.4, -0.2) is 29.3 Å². The summed E-state index contributed by atoms with van der Waals surface area (Å²) in [4.78, 5) is 4.53. The molecule has 0 aliphatic carbocycles. The fourth-order valence-electron chi connectivity index (χ4n) is 2.27. The maximum atomic E-state index is 5.66. The maximum absolute atomic E-state index is 5.66. The van der Waals surface area contributed by atoms with Crippen LogP contribution >= 0.6 is 0 Å². The monoisotopic (exact) mass is 283 g/mol. The summed E-state index contributed by atoms with van der Waals surface area (Å²) >= 11 is 0. The topological polar surface area (TPSA) is 60.2 Å². The lowest BCUT2D eigenvalue weighted by Gasteiger charge is -2.21. The van der Waals surface area contributed by atoms with Crippen molar-refractivity contribution >= 4 is 0 Å². The van der Waals surface area contributed by atoms with E-state index in [1.807, 2.05) is 20.8 Å². The van der Waals surface area contributed by atoms with Crippen molar-refractivity contribution < 1.29 is 9.26 Å². The van der Waals surface area contributed by atoms with Gasteiger partial charge in [0.15, 0.2) is 0 Å². The van der Waals surface area contributed by atoms with E-state index in [-0.39, 0.29) is 5.92 Å². The van der Waals surface area contributed by atoms with Gasteiger partial charge in [0.05, 0.1) is 5.92 Å². The van der Waals surface area contributed by atoms with Crippen LogP contribution in [-0.2, 0) is 10.3 Å². The van der Waals surface area contributed by atoms with Gasteiger partial charge >= 0.3 is 0 Å². The first-order chi connectivity index (χ1) is 9.46. The minimum absolute atomic E-state index is 0.199. The molecule has 0 amide bonds. The highest BCUT2D eigenvalue weighted by Crippen LogP contribution is 2.25. The maximum Gasteiger partial charge on any atom is 0.231 e. The molecule has 5 nitrogen and oxygen atoms in total. The molecule has 0 saturated carbocycles. The fourth-order valence-corrected chi connectivity index (χ4v) is 2.27. The average Bonchev–Trinajstić information content (AvgIpc) is 2.89. The normalized spacial score (nSPS) is 15.3. The summed E-state index contributed by atoms with van der Waals surface area (Å²) in [7, 11) is 0. The van der Waals surface area contributed by atoms with Gasteiger partial charge in [-0.2, -0.15) is 4.98 Å². The van der Waals surface area contributed by atoms with Crippen LogP contribution in [0.2, 0.25) is 0 Å². The van der Waals surface area contributed by atoms with Crippen molar-refractivity contribution in [3.05, 3.63) is 11.7 Å². The lowest BCUT2D eigenvalue weighted by atomic mass is 9.99. The Bertz CT molecular complexity index is 390. The minimum Gasteiger partial charge on any atom is -0.368 e. The predicted octanol–water partition coefficient (Wildman–Crippen LogP) is 3.22. The third kappa shape index (κ3) is 4.28. The van der Waals surface area contributed by atoms with Crippen LogP contribution < -0.4 is 5.32 Å². The van der Waals surface area contributed by atoms with Gasteiger partial charge in [0.25, 0.3) is 0 Å². The number of hydrogen-bond acceptors (Lipinski definition) is 5. The van der Waals surface area contributed by atoms with Gasteiger partial charge in [0, 0.05) is 12.6 Å². The van der Waals surface area contributed by atoms with Crippen molar-refractivity contribution in [1.29, 1.82) is 0 Å². The van der Waals surface area contributed by atoms with Gasteiger partial charge < -0.3 is 14.6 Å². The number of ether oxygens (including phenoxy) is 1. The highest BCUT2D eigenvalue weighted by molar-refractivity contribution is 5.02. The van der Waals surface area contributed by atoms with E-state index >= 15 is 0 Å². The minimum atomic E-state index is -0.505. The van der Waals surface area contributed by atoms with Crippen molar-refractivity contribution in [3.8, 4) is 0 Å². The van der Waals surface area contributed by atoms with Crippen LogP contribution in [0.25, 0.3) is 0 Å². The highest BCUT2D eigenvalue weighted by Gasteiger charge is 2.29. The van der Waals surface area contributed by atoms with Gasteiger partial charge in [-0.15, -0.1) is 0 Å². The van der Waals surface area contributed by atoms with E-state index in [9.17, 15) is 0 Å². The van der Waals surface area contributed by atoms with Crippen LogP contribution in [0.1, 0.15) is 72.0 Å². The van der Waals surface area contributed by atoms with E-state index < -0.39 is 5.60 Å². The zero-order chi connectivity index (χ0) is 15.2. The summed E-state index contributed by atoms with van der Waals surface area (Å²) in [5.41, 5.74) is -0.505. The highest BCUT2D eigenvalue weighted by atomic mass is 16.5. The molecule has 0 radical (unpaired) electrons. The van der Waals surface area contributed by atoms with Crippen LogP contribution in [0, 0.1) is 0 Å². The zero-order valence-electron chi connectivity index (χ0n) is 13.7. The smallest absolute Gasteiger partial charge is 0.231 e. The lowest BCUT2D eigenvalue weighted by Crippen LogP contribution is -2.34. The predicted molar refractivity (Wildman–Crippen MR) is 79.7 cm³/mol. The Morgan fingerprint density at radius 3 is 2.55 bits per heavy atom. The first kappa shape index (κ1) is 17.1. The summed E-state index contributed by atoms with van der Waals surface area (Å²) in [6.45, 7) is 14.0. The third-order valence-electron chi connectivity index (χ3n) is 3.57. The van der Waals surface area contributed by atoms with Crippen LogP contribution in [0.3, 0.4) is 0 Å². The number of rotatable bonds is 9. The molecule has 2 unspecified atom stereocenters. The van der Waals surface area contributed by atoms with E-state index in [0.29, 0.717) is 24.4 Å². The largest absolute Gasteiger partial charge is 0.368 e. The van der Waals surface area contributed by atoms with Crippen molar-refractivity contribution in [1.82, 2.24) is 15.5 Å². The summed E-state index contributed by atoms with van der Waals surface area (Å²) in [5, 5.41) is 7.62. The number of nitrogens with one attached hydrogen (secondary N) is 1. The second-order valence-corrected chi connectivity index (χ2v) is 5.66. The van der Waals surface area contributed by atoms with E-state index in [1.165, 1.54) is 0 Å². The molecular formula is C15H29N3O2. The third-order valence-corrected chi connectivity index (χ3v) is 3.57. The van der Waals surface area contributed by atoms with Crippen molar-refractivity contribution in [2.24, 2.45) is 0 Å². The SMILES string of the molecule is CCCNC(CC)C(C)c1nc(C(C)(C)OCC)no1. The molecule has 5 heteroatoms. The van der Waals surface area contributed by atoms with Crippen LogP contribution in [0.4, 0.5) is 0 Å². The molecule has 20 heavy (non-hydrogen) atoms. The Hall–Kier alpha value is -0.940. The molecule has 0 aromatic carbocycles. The van der Waals surface area contributed by atoms with Gasteiger partial charge in [-0.1, -0.05) is 25.9 Å². The molecule has 116 valence electrons. The molecule has 1 aromatic heterocycles. The fraction of sp³-hybridized carbons (Fsp3) is 0.867. The lowest BCUT2D eigenvalue weighted by molar-refractivity contribution is -0.0221. The molecule has 1 heterocycles. The number of nitrogens with zero attached hydrogens (tertiary/aromatic N) is 2. The molecule has 0 fully saturated rings. The van der Waals surface area contributed by atoms with Gasteiger partial charge in [0.2, 0.25) is 11.7 Å². The molecule has 1 N–H and O–H groups in total. The van der Waals surface area contributed by atoms with Crippen molar-refractivity contribution in [2.75, 3.05) is 13.2 Å². The van der Waals surface area contributed by atoms with Gasteiger partial charge in [-0.3, -0.25) is 0 Å². The Labute approximate surface area is 122 Å².